The van der Waals surface area contributed by atoms with Crippen molar-refractivity contribution in [2.45, 2.75) is 52.6 Å². The van der Waals surface area contributed by atoms with E-state index in [0.717, 1.165) is 10.5 Å². The molecular formula is C30H38ClF3N6O2. The number of amides is 3. The first-order valence-electron chi connectivity index (χ1n) is 13.7. The lowest BCUT2D eigenvalue weighted by Crippen LogP contribution is -2.46. The van der Waals surface area contributed by atoms with E-state index in [4.69, 9.17) is 22.7 Å². The van der Waals surface area contributed by atoms with E-state index in [-0.39, 0.29) is 29.9 Å². The van der Waals surface area contributed by atoms with Crippen LogP contribution in [0, 0.1) is 18.3 Å². The lowest BCUT2D eigenvalue weighted by atomic mass is 9.82. The number of rotatable bonds is 7. The van der Waals surface area contributed by atoms with Gasteiger partial charge in [-0.3, -0.25) is 20.1 Å². The van der Waals surface area contributed by atoms with E-state index in [1.54, 1.807) is 55.6 Å². The third-order valence-corrected chi connectivity index (χ3v) is 6.73. The Morgan fingerprint density at radius 2 is 1.83 bits per heavy atom. The van der Waals surface area contributed by atoms with Crippen LogP contribution >= 0.6 is 11.6 Å². The Bertz CT molecular complexity index is 1310. The molecule has 12 heteroatoms. The average Bonchev–Trinajstić information content (AvgIpc) is 2.96. The molecule has 0 spiro atoms. The zero-order valence-corrected chi connectivity index (χ0v) is 25.0. The van der Waals surface area contributed by atoms with Gasteiger partial charge in [-0.15, -0.1) is 0 Å². The number of urea groups is 1. The van der Waals surface area contributed by atoms with E-state index in [0.29, 0.717) is 46.8 Å². The Kier molecular flexibility index (Phi) is 13.0. The van der Waals surface area contributed by atoms with Crippen LogP contribution in [-0.4, -0.2) is 54.7 Å². The molecule has 1 unspecified atom stereocenters. The minimum Gasteiger partial charge on any atom is -0.400 e. The van der Waals surface area contributed by atoms with E-state index < -0.39 is 25.2 Å². The van der Waals surface area contributed by atoms with Crippen molar-refractivity contribution in [1.29, 1.82) is 5.41 Å². The van der Waals surface area contributed by atoms with Crippen molar-refractivity contribution >= 4 is 40.8 Å². The van der Waals surface area contributed by atoms with Crippen LogP contribution < -0.4 is 16.4 Å². The molecule has 2 aromatic carbocycles. The summed E-state index contributed by atoms with van der Waals surface area (Å²) in [4.78, 5) is 30.8. The molecule has 0 radical (unpaired) electrons. The first kappa shape index (κ1) is 34.3. The van der Waals surface area contributed by atoms with E-state index >= 15 is 0 Å². The predicted molar refractivity (Wildman–Crippen MR) is 161 cm³/mol. The molecule has 1 saturated carbocycles. The SMILES string of the molecule is CC.CNC(=O)C1CC/C(=C(/N)CNC(=O)N(CCC(F)(F)F)C(=N)c2ccc(C)cc2)C(=Nc2cccc(Cl)c2)C1. The Hall–Kier alpha value is -3.86. The second-order valence-corrected chi connectivity index (χ2v) is 9.92. The van der Waals surface area contributed by atoms with Gasteiger partial charge in [0, 0.05) is 47.9 Å². The summed E-state index contributed by atoms with van der Waals surface area (Å²) in [6.45, 7) is 4.93. The molecule has 42 heavy (non-hydrogen) atoms. The normalized spacial score (nSPS) is 17.0. The molecule has 0 saturated heterocycles. The van der Waals surface area contributed by atoms with E-state index in [1.165, 1.54) is 0 Å². The fourth-order valence-corrected chi connectivity index (χ4v) is 4.49. The molecule has 2 aromatic rings. The molecule has 0 heterocycles. The lowest BCUT2D eigenvalue weighted by Gasteiger charge is -2.27. The first-order valence-corrected chi connectivity index (χ1v) is 14.1. The van der Waals surface area contributed by atoms with Crippen molar-refractivity contribution in [2.24, 2.45) is 16.6 Å². The molecule has 1 aliphatic carbocycles. The maximum Gasteiger partial charge on any atom is 0.390 e. The molecule has 0 bridgehead atoms. The largest absolute Gasteiger partial charge is 0.400 e. The molecule has 3 amide bonds. The van der Waals surface area contributed by atoms with Crippen LogP contribution in [0.5, 0.6) is 0 Å². The number of aliphatic imine (C=N–C) groups is 1. The van der Waals surface area contributed by atoms with E-state index in [2.05, 4.69) is 15.6 Å². The molecule has 1 aliphatic rings. The summed E-state index contributed by atoms with van der Waals surface area (Å²) in [6.07, 6.45) is -4.55. The summed E-state index contributed by atoms with van der Waals surface area (Å²) in [5, 5.41) is 14.1. The Morgan fingerprint density at radius 3 is 2.43 bits per heavy atom. The lowest BCUT2D eigenvalue weighted by molar-refractivity contribution is -0.135. The fourth-order valence-electron chi connectivity index (χ4n) is 4.30. The monoisotopic (exact) mass is 606 g/mol. The number of halogens is 4. The number of benzene rings is 2. The van der Waals surface area contributed by atoms with Crippen molar-refractivity contribution in [2.75, 3.05) is 20.1 Å². The quantitative estimate of drug-likeness (QED) is 0.213. The third-order valence-electron chi connectivity index (χ3n) is 6.50. The minimum absolute atomic E-state index is 0.125. The first-order chi connectivity index (χ1) is 19.9. The maximum absolute atomic E-state index is 13.0. The summed E-state index contributed by atoms with van der Waals surface area (Å²) < 4.78 is 39.0. The number of alkyl halides is 3. The number of amidine groups is 1. The topological polar surface area (TPSA) is 124 Å². The van der Waals surface area contributed by atoms with Gasteiger partial charge in [0.1, 0.15) is 5.84 Å². The van der Waals surface area contributed by atoms with Crippen LogP contribution in [0.2, 0.25) is 5.02 Å². The number of nitrogens with zero attached hydrogens (tertiary/aromatic N) is 2. The van der Waals surface area contributed by atoms with Gasteiger partial charge in [-0.25, -0.2) is 4.79 Å². The molecule has 228 valence electrons. The number of nitrogens with one attached hydrogen (secondary N) is 3. The van der Waals surface area contributed by atoms with Crippen molar-refractivity contribution < 1.29 is 22.8 Å². The molecule has 5 N–H and O–H groups in total. The molecule has 0 aromatic heterocycles. The number of hydrogen-bond acceptors (Lipinski definition) is 5. The number of hydrogen-bond donors (Lipinski definition) is 4. The third kappa shape index (κ3) is 10.2. The highest BCUT2D eigenvalue weighted by Crippen LogP contribution is 2.30. The number of carbonyl (C=O) groups is 2. The van der Waals surface area contributed by atoms with Gasteiger partial charge >= 0.3 is 12.2 Å². The number of allylic oxidation sites excluding steroid dienone is 1. The highest BCUT2D eigenvalue weighted by molar-refractivity contribution is 6.30. The molecule has 1 atom stereocenters. The Labute approximate surface area is 249 Å². The van der Waals surface area contributed by atoms with Crippen LogP contribution in [0.1, 0.15) is 50.7 Å². The number of aryl methyl sites for hydroxylation is 1. The zero-order valence-electron chi connectivity index (χ0n) is 24.2. The summed E-state index contributed by atoms with van der Waals surface area (Å²) in [5.74, 6) is -0.802. The number of nitrogens with two attached hydrogens (primary N) is 1. The molecule has 3 rings (SSSR count). The van der Waals surface area contributed by atoms with Crippen molar-refractivity contribution in [1.82, 2.24) is 15.5 Å². The summed E-state index contributed by atoms with van der Waals surface area (Å²) in [7, 11) is 1.56. The Balaban J connectivity index is 0.00000301. The van der Waals surface area contributed by atoms with Gasteiger partial charge in [0.25, 0.3) is 0 Å². The van der Waals surface area contributed by atoms with Gasteiger partial charge < -0.3 is 16.4 Å². The van der Waals surface area contributed by atoms with Gasteiger partial charge in [-0.1, -0.05) is 61.3 Å². The summed E-state index contributed by atoms with van der Waals surface area (Å²) >= 11 is 6.10. The summed E-state index contributed by atoms with van der Waals surface area (Å²) in [6, 6.07) is 12.6. The Morgan fingerprint density at radius 1 is 1.17 bits per heavy atom. The van der Waals surface area contributed by atoms with Crippen molar-refractivity contribution in [3.8, 4) is 0 Å². The van der Waals surface area contributed by atoms with Crippen LogP contribution in [-0.2, 0) is 4.79 Å². The van der Waals surface area contributed by atoms with E-state index in [9.17, 15) is 22.8 Å². The van der Waals surface area contributed by atoms with Gasteiger partial charge in [0.15, 0.2) is 0 Å². The van der Waals surface area contributed by atoms with Crippen LogP contribution in [0.4, 0.5) is 23.7 Å². The van der Waals surface area contributed by atoms with Crippen LogP contribution in [0.3, 0.4) is 0 Å². The maximum atomic E-state index is 13.0. The fraction of sp³-hybridized carbons (Fsp3) is 0.400. The standard InChI is InChI=1S/C28H32ClF3N6O2.C2H6/c1-17-6-8-18(9-7-17)25(34)38(13-12-28(30,31)32)27(40)36-16-23(33)22-11-10-19(26(39)35-2)14-24(22)37-21-5-3-4-20(29)15-21;1-2/h3-9,15,19,34H,10-14,16,33H2,1-2H3,(H,35,39)(H,36,40);1-2H3/b23-22-,34-25?,37-24?;. The van der Waals surface area contributed by atoms with Gasteiger partial charge in [0.2, 0.25) is 5.91 Å². The molecular weight excluding hydrogens is 569 g/mol. The van der Waals surface area contributed by atoms with Crippen LogP contribution in [0.15, 0.2) is 64.8 Å². The van der Waals surface area contributed by atoms with Crippen LogP contribution in [0.25, 0.3) is 0 Å². The van der Waals surface area contributed by atoms with E-state index in [1.807, 2.05) is 20.8 Å². The van der Waals surface area contributed by atoms with Gasteiger partial charge in [-0.05, 0) is 43.5 Å². The average molecular weight is 607 g/mol. The highest BCUT2D eigenvalue weighted by atomic mass is 35.5. The van der Waals surface area contributed by atoms with Crippen molar-refractivity contribution in [3.63, 3.8) is 0 Å². The smallest absolute Gasteiger partial charge is 0.390 e. The molecule has 0 aliphatic heterocycles. The molecule has 1 fully saturated rings. The minimum atomic E-state index is -4.51. The van der Waals surface area contributed by atoms with Gasteiger partial charge in [0.05, 0.1) is 18.7 Å². The second kappa shape index (κ2) is 16.0. The number of carbonyl (C=O) groups excluding carboxylic acids is 2. The summed E-state index contributed by atoms with van der Waals surface area (Å²) in [5.41, 5.74) is 9.64. The molecule has 8 nitrogen and oxygen atoms in total. The van der Waals surface area contributed by atoms with Crippen molar-refractivity contribution in [3.05, 3.63) is 76.0 Å². The highest BCUT2D eigenvalue weighted by Gasteiger charge is 2.31. The predicted octanol–water partition coefficient (Wildman–Crippen LogP) is 6.50. The zero-order chi connectivity index (χ0) is 31.4. The second-order valence-electron chi connectivity index (χ2n) is 9.49. The van der Waals surface area contributed by atoms with Gasteiger partial charge in [-0.2, -0.15) is 13.2 Å².